The monoisotopic (exact) mass is 867 g/mol. The highest BCUT2D eigenvalue weighted by Gasteiger charge is 2.24. The fourth-order valence-corrected chi connectivity index (χ4v) is 4.99. The van der Waals surface area contributed by atoms with Gasteiger partial charge in [0.15, 0.2) is 0 Å². The maximum atomic E-state index is 13.4. The molecule has 60 heavy (non-hydrogen) atoms. The molecule has 0 radical (unpaired) electrons. The summed E-state index contributed by atoms with van der Waals surface area (Å²) < 4.78 is 45.6. The van der Waals surface area contributed by atoms with Crippen molar-refractivity contribution in [3.05, 3.63) is 31.5 Å². The number of aliphatic hydroxyl groups is 3. The first-order valence-corrected chi connectivity index (χ1v) is 18.8. The van der Waals surface area contributed by atoms with Crippen molar-refractivity contribution in [3.63, 3.8) is 0 Å². The van der Waals surface area contributed by atoms with Crippen molar-refractivity contribution in [2.75, 3.05) is 61.0 Å². The summed E-state index contributed by atoms with van der Waals surface area (Å²) in [6.45, 7) is 0.0688. The van der Waals surface area contributed by atoms with Gasteiger partial charge in [-0.25, -0.2) is 28.1 Å². The van der Waals surface area contributed by atoms with E-state index >= 15 is 0 Å². The van der Waals surface area contributed by atoms with Crippen molar-refractivity contribution < 1.29 is 86.7 Å². The number of esters is 6. The average Bonchev–Trinajstić information content (AvgIpc) is 3.18. The minimum absolute atomic E-state index is 0.125. The molecule has 0 saturated carbocycles. The molecule has 0 bridgehead atoms. The minimum atomic E-state index is -1.75. The van der Waals surface area contributed by atoms with Crippen LogP contribution in [0.4, 0.5) is 0 Å². The molecule has 6 atom stereocenters. The van der Waals surface area contributed by atoms with Crippen molar-refractivity contribution in [3.8, 4) is 0 Å². The van der Waals surface area contributed by atoms with Gasteiger partial charge in [0.1, 0.15) is 56.4 Å². The molecule has 0 spiro atoms. The Hall–Kier alpha value is -5.01. The van der Waals surface area contributed by atoms with Gasteiger partial charge >= 0.3 is 52.9 Å². The second-order valence-electron chi connectivity index (χ2n) is 13.5. The van der Waals surface area contributed by atoms with Crippen molar-refractivity contribution >= 4 is 35.8 Å². The lowest BCUT2D eigenvalue weighted by Crippen LogP contribution is -2.57. The third-order valence-corrected chi connectivity index (χ3v) is 7.68. The van der Waals surface area contributed by atoms with Crippen LogP contribution >= 0.6 is 0 Å². The number of carbonyl (C=O) groups is 6. The summed E-state index contributed by atoms with van der Waals surface area (Å²) in [5.41, 5.74) is -4.11. The van der Waals surface area contributed by atoms with Gasteiger partial charge in [-0.1, -0.05) is 0 Å². The highest BCUT2D eigenvalue weighted by atomic mass is 16.6. The van der Waals surface area contributed by atoms with E-state index in [1.54, 1.807) is 20.8 Å². The molecule has 24 nitrogen and oxygen atoms in total. The fourth-order valence-electron chi connectivity index (χ4n) is 4.99. The van der Waals surface area contributed by atoms with Gasteiger partial charge in [0.2, 0.25) is 0 Å². The zero-order chi connectivity index (χ0) is 45.4. The van der Waals surface area contributed by atoms with Gasteiger partial charge in [-0.05, 0) is 20.8 Å². The molecule has 0 aliphatic carbocycles. The lowest BCUT2D eigenvalue weighted by Gasteiger charge is -2.19. The van der Waals surface area contributed by atoms with Crippen LogP contribution < -0.4 is 17.1 Å². The number of hydrogen-bond donors (Lipinski definition) is 3. The third kappa shape index (κ3) is 21.3. The Kier molecular flexibility index (Phi) is 25.1. The van der Waals surface area contributed by atoms with E-state index in [4.69, 9.17) is 42.6 Å². The number of carbonyl (C=O) groups excluding carboxylic acids is 6. The zero-order valence-electron chi connectivity index (χ0n) is 34.6. The number of aromatic nitrogens is 3. The van der Waals surface area contributed by atoms with Gasteiger partial charge < -0.3 is 58.0 Å². The molecular formula is C36H57N3O21. The molecule has 1 heterocycles. The number of nitrogens with zero attached hydrogens (tertiary/aromatic N) is 3. The van der Waals surface area contributed by atoms with E-state index in [2.05, 4.69) is 0 Å². The van der Waals surface area contributed by atoms with E-state index in [1.165, 1.54) is 21.3 Å². The van der Waals surface area contributed by atoms with Gasteiger partial charge in [-0.15, -0.1) is 0 Å². The lowest BCUT2D eigenvalue weighted by atomic mass is 10.3. The predicted molar refractivity (Wildman–Crippen MR) is 200 cm³/mol. The highest BCUT2D eigenvalue weighted by Crippen LogP contribution is 2.04. The Morgan fingerprint density at radius 3 is 0.850 bits per heavy atom. The topological polar surface area (TPSA) is 312 Å². The van der Waals surface area contributed by atoms with Crippen LogP contribution in [0.3, 0.4) is 0 Å². The summed E-state index contributed by atoms with van der Waals surface area (Å²) >= 11 is 0. The van der Waals surface area contributed by atoms with Crippen molar-refractivity contribution in [2.45, 2.75) is 116 Å². The fraction of sp³-hybridized carbons (Fsp3) is 0.750. The van der Waals surface area contributed by atoms with E-state index in [0.29, 0.717) is 13.7 Å². The number of hydrogen-bond acceptors (Lipinski definition) is 21. The number of aliphatic hydroxyl groups excluding tert-OH is 3. The maximum absolute atomic E-state index is 13.4. The summed E-state index contributed by atoms with van der Waals surface area (Å²) in [7, 11) is 4.23. The lowest BCUT2D eigenvalue weighted by molar-refractivity contribution is -0.155. The summed E-state index contributed by atoms with van der Waals surface area (Å²) in [6.07, 6.45) is -9.40. The van der Waals surface area contributed by atoms with Crippen LogP contribution in [0.1, 0.15) is 59.3 Å². The molecule has 0 amide bonds. The molecular weight excluding hydrogens is 810 g/mol. The Bertz CT molecular complexity index is 1500. The number of methoxy groups -OCH3 is 3. The Morgan fingerprint density at radius 2 is 0.633 bits per heavy atom. The van der Waals surface area contributed by atoms with Crippen LogP contribution in [0, 0.1) is 0 Å². The number of ether oxygens (including phenoxy) is 9. The molecule has 1 aromatic heterocycles. The van der Waals surface area contributed by atoms with Crippen molar-refractivity contribution in [2.24, 2.45) is 0 Å². The summed E-state index contributed by atoms with van der Waals surface area (Å²) in [5, 5.41) is 31.9. The second kappa shape index (κ2) is 28.5. The van der Waals surface area contributed by atoms with Gasteiger partial charge in [0.05, 0.1) is 78.0 Å². The Balaban J connectivity index is 3.12. The third-order valence-electron chi connectivity index (χ3n) is 7.68. The van der Waals surface area contributed by atoms with Crippen molar-refractivity contribution in [1.82, 2.24) is 13.7 Å². The SMILES string of the molecule is COCC(C)OC(=O)CCC(=O)OCC(O)Cn1c(=O)n(CC(O)COC(=O)CCC(=O)OC(C)COC)c(=O)n(CC(O)COC(=O)CCC(=O)OC(C)COC)c1=O. The van der Waals surface area contributed by atoms with Gasteiger partial charge in [-0.3, -0.25) is 28.8 Å². The predicted octanol–water partition coefficient (Wildman–Crippen LogP) is -3.04. The molecule has 6 unspecified atom stereocenters. The molecule has 0 saturated heterocycles. The Labute approximate surface area is 344 Å². The highest BCUT2D eigenvalue weighted by molar-refractivity contribution is 5.78. The van der Waals surface area contributed by atoms with E-state index in [0.717, 1.165) is 0 Å². The van der Waals surface area contributed by atoms with Crippen LogP contribution in [-0.2, 0) is 91.0 Å². The molecule has 0 fully saturated rings. The maximum Gasteiger partial charge on any atom is 0.336 e. The summed E-state index contributed by atoms with van der Waals surface area (Å²) in [4.78, 5) is 113. The van der Waals surface area contributed by atoms with E-state index in [9.17, 15) is 58.5 Å². The quantitative estimate of drug-likeness (QED) is 0.0511. The molecule has 24 heteroatoms. The Morgan fingerprint density at radius 1 is 0.417 bits per heavy atom. The average molecular weight is 868 g/mol. The molecule has 1 aromatic rings. The van der Waals surface area contributed by atoms with Gasteiger partial charge in [0.25, 0.3) is 0 Å². The van der Waals surface area contributed by atoms with E-state index < -0.39 is 148 Å². The summed E-state index contributed by atoms with van der Waals surface area (Å²) in [6, 6.07) is 0. The van der Waals surface area contributed by atoms with E-state index in [1.807, 2.05) is 0 Å². The van der Waals surface area contributed by atoms with Crippen LogP contribution in [0.25, 0.3) is 0 Å². The van der Waals surface area contributed by atoms with Crippen LogP contribution in [0.2, 0.25) is 0 Å². The van der Waals surface area contributed by atoms with Crippen LogP contribution in [0.5, 0.6) is 0 Å². The minimum Gasteiger partial charge on any atom is -0.463 e. The first-order valence-electron chi connectivity index (χ1n) is 18.8. The normalized spacial score (nSPS) is 14.2. The van der Waals surface area contributed by atoms with Gasteiger partial charge in [-0.2, -0.15) is 0 Å². The van der Waals surface area contributed by atoms with Crippen LogP contribution in [-0.4, -0.2) is 162 Å². The van der Waals surface area contributed by atoms with Crippen LogP contribution in [0.15, 0.2) is 14.4 Å². The number of rotatable bonds is 30. The van der Waals surface area contributed by atoms with E-state index in [-0.39, 0.29) is 39.1 Å². The standard InChI is InChI=1S/C36H57N3O21/c1-22(16-52-4)58-31(46)10-7-28(43)55-19-25(40)13-37-34(49)38(14-26(41)20-56-29(44)8-11-32(47)59-23(2)17-53-5)36(51)39(35(37)50)15-27(42)21-57-30(45)9-12-33(48)60-24(3)18-54-6/h22-27,40-42H,7-21H2,1-6H3. The molecule has 0 aliphatic rings. The van der Waals surface area contributed by atoms with Gasteiger partial charge in [0, 0.05) is 21.3 Å². The second-order valence-corrected chi connectivity index (χ2v) is 13.5. The summed E-state index contributed by atoms with van der Waals surface area (Å²) in [5.74, 6) is -4.98. The molecule has 0 aliphatic heterocycles. The molecule has 0 aromatic carbocycles. The first kappa shape index (κ1) is 53.0. The smallest absolute Gasteiger partial charge is 0.336 e. The largest absolute Gasteiger partial charge is 0.463 e. The molecule has 3 N–H and O–H groups in total. The molecule has 1 rings (SSSR count). The first-order chi connectivity index (χ1) is 28.3. The van der Waals surface area contributed by atoms with Crippen molar-refractivity contribution in [1.29, 1.82) is 0 Å². The zero-order valence-corrected chi connectivity index (χ0v) is 34.6. The molecule has 342 valence electrons.